The molecule has 0 amide bonds. The lowest BCUT2D eigenvalue weighted by Gasteiger charge is -2.16. The van der Waals surface area contributed by atoms with E-state index in [1.165, 1.54) is 12.1 Å². The maximum atomic E-state index is 13.5. The van der Waals surface area contributed by atoms with Crippen LogP contribution in [0.5, 0.6) is 5.88 Å². The van der Waals surface area contributed by atoms with Crippen molar-refractivity contribution in [2.75, 3.05) is 12.4 Å². The summed E-state index contributed by atoms with van der Waals surface area (Å²) in [4.78, 5) is 5.01. The number of hydrogen-bond acceptors (Lipinski definition) is 5. The number of ether oxygens (including phenoxy) is 1. The molecule has 0 atom stereocenters. The molecule has 0 fully saturated rings. The van der Waals surface area contributed by atoms with Crippen LogP contribution in [0.3, 0.4) is 0 Å². The summed E-state index contributed by atoms with van der Waals surface area (Å²) >= 11 is 0. The first-order valence-electron chi connectivity index (χ1n) is 10.4. The Morgan fingerprint density at radius 3 is 2.23 bits per heavy atom. The minimum absolute atomic E-state index is 0.0375. The Balaban J connectivity index is 2.14. The van der Waals surface area contributed by atoms with Gasteiger partial charge in [0.05, 0.1) is 22.9 Å². The molecule has 3 aromatic rings. The number of sulfone groups is 1. The quantitative estimate of drug-likeness (QED) is 0.472. The molecule has 0 radical (unpaired) electrons. The third kappa shape index (κ3) is 5.29. The van der Waals surface area contributed by atoms with Gasteiger partial charge in [-0.05, 0) is 54.4 Å². The van der Waals surface area contributed by atoms with Crippen LogP contribution in [0, 0.1) is 5.82 Å². The molecule has 1 heterocycles. The van der Waals surface area contributed by atoms with Crippen LogP contribution < -0.4 is 10.5 Å². The molecule has 0 saturated carbocycles. The highest BCUT2D eigenvalue weighted by Gasteiger charge is 2.17. The number of nitrogens with zero attached hydrogens (tertiary/aromatic N) is 1. The van der Waals surface area contributed by atoms with E-state index in [1.807, 2.05) is 6.07 Å². The van der Waals surface area contributed by atoms with Gasteiger partial charge >= 0.3 is 0 Å². The molecule has 0 bridgehead atoms. The fraction of sp³-hybridized carbons (Fsp3) is 0.292. The standard InChI is InChI=1S/C24H27FN2O3S/c1-3-5-14-30-24-19(16-26)15-22(23(27-24)18-6-10-20(25)11-7-18)17-8-12-21(13-9-17)31(28,29)4-2/h6-13,15H,3-5,14,16,26H2,1-2H3. The molecule has 5 nitrogen and oxygen atoms in total. The fourth-order valence-corrected chi connectivity index (χ4v) is 4.06. The molecule has 2 N–H and O–H groups in total. The second-order valence-electron chi connectivity index (χ2n) is 7.19. The summed E-state index contributed by atoms with van der Waals surface area (Å²) in [6.07, 6.45) is 1.89. The number of hydrogen-bond donors (Lipinski definition) is 1. The van der Waals surface area contributed by atoms with Crippen LogP contribution in [0.1, 0.15) is 32.3 Å². The minimum atomic E-state index is -3.29. The van der Waals surface area contributed by atoms with Crippen molar-refractivity contribution in [2.45, 2.75) is 38.1 Å². The van der Waals surface area contributed by atoms with Crippen molar-refractivity contribution >= 4 is 9.84 Å². The van der Waals surface area contributed by atoms with E-state index in [4.69, 9.17) is 15.5 Å². The second-order valence-corrected chi connectivity index (χ2v) is 9.47. The van der Waals surface area contributed by atoms with E-state index in [9.17, 15) is 12.8 Å². The van der Waals surface area contributed by atoms with Crippen LogP contribution in [-0.2, 0) is 16.4 Å². The zero-order chi connectivity index (χ0) is 22.4. The SMILES string of the molecule is CCCCOc1nc(-c2ccc(F)cc2)c(-c2ccc(S(=O)(=O)CC)cc2)cc1CN. The topological polar surface area (TPSA) is 82.3 Å². The highest BCUT2D eigenvalue weighted by atomic mass is 32.2. The van der Waals surface area contributed by atoms with Gasteiger partial charge in [-0.2, -0.15) is 0 Å². The van der Waals surface area contributed by atoms with E-state index < -0.39 is 9.84 Å². The fourth-order valence-electron chi connectivity index (χ4n) is 3.18. The first-order valence-corrected chi connectivity index (χ1v) is 12.0. The van der Waals surface area contributed by atoms with Crippen molar-refractivity contribution in [1.29, 1.82) is 0 Å². The highest BCUT2D eigenvalue weighted by Crippen LogP contribution is 2.35. The highest BCUT2D eigenvalue weighted by molar-refractivity contribution is 7.91. The van der Waals surface area contributed by atoms with Gasteiger partial charge in [0, 0.05) is 23.2 Å². The molecule has 0 aliphatic carbocycles. The van der Waals surface area contributed by atoms with Gasteiger partial charge in [0.25, 0.3) is 0 Å². The third-order valence-electron chi connectivity index (χ3n) is 5.04. The zero-order valence-corrected chi connectivity index (χ0v) is 18.6. The van der Waals surface area contributed by atoms with E-state index in [1.54, 1.807) is 43.3 Å². The summed E-state index contributed by atoms with van der Waals surface area (Å²) in [5.41, 5.74) is 9.62. The lowest BCUT2D eigenvalue weighted by Crippen LogP contribution is -2.07. The van der Waals surface area contributed by atoms with Crippen molar-refractivity contribution in [3.05, 3.63) is 66.0 Å². The van der Waals surface area contributed by atoms with E-state index in [0.717, 1.165) is 35.1 Å². The van der Waals surface area contributed by atoms with Crippen molar-refractivity contribution in [1.82, 2.24) is 4.98 Å². The van der Waals surface area contributed by atoms with Crippen LogP contribution in [0.15, 0.2) is 59.5 Å². The van der Waals surface area contributed by atoms with Crippen LogP contribution in [-0.4, -0.2) is 25.8 Å². The molecule has 0 spiro atoms. The lowest BCUT2D eigenvalue weighted by molar-refractivity contribution is 0.295. The van der Waals surface area contributed by atoms with Gasteiger partial charge < -0.3 is 10.5 Å². The minimum Gasteiger partial charge on any atom is -0.477 e. The number of aromatic nitrogens is 1. The smallest absolute Gasteiger partial charge is 0.218 e. The van der Waals surface area contributed by atoms with Crippen LogP contribution >= 0.6 is 0 Å². The number of halogens is 1. The first-order chi connectivity index (χ1) is 14.9. The third-order valence-corrected chi connectivity index (χ3v) is 6.79. The van der Waals surface area contributed by atoms with E-state index in [2.05, 4.69) is 6.92 Å². The van der Waals surface area contributed by atoms with Gasteiger partial charge in [-0.3, -0.25) is 0 Å². The number of pyridine rings is 1. The molecule has 2 aromatic carbocycles. The summed E-state index contributed by atoms with van der Waals surface area (Å²) in [7, 11) is -3.29. The number of unbranched alkanes of at least 4 members (excludes halogenated alkanes) is 1. The molecule has 3 rings (SSSR count). The number of rotatable bonds is 9. The Labute approximate surface area is 183 Å². The molecule has 0 saturated heterocycles. The molecule has 164 valence electrons. The normalized spacial score (nSPS) is 11.5. The predicted molar refractivity (Wildman–Crippen MR) is 121 cm³/mol. The summed E-state index contributed by atoms with van der Waals surface area (Å²) in [5, 5.41) is 0. The Morgan fingerprint density at radius 2 is 1.65 bits per heavy atom. The van der Waals surface area contributed by atoms with Gasteiger partial charge in [-0.25, -0.2) is 17.8 Å². The van der Waals surface area contributed by atoms with Crippen LogP contribution in [0.2, 0.25) is 0 Å². The first kappa shape index (κ1) is 22.9. The van der Waals surface area contributed by atoms with E-state index in [-0.39, 0.29) is 23.0 Å². The van der Waals surface area contributed by atoms with Crippen LogP contribution in [0.4, 0.5) is 4.39 Å². The van der Waals surface area contributed by atoms with E-state index >= 15 is 0 Å². The van der Waals surface area contributed by atoms with Crippen LogP contribution in [0.25, 0.3) is 22.4 Å². The maximum absolute atomic E-state index is 13.5. The zero-order valence-electron chi connectivity index (χ0n) is 17.8. The van der Waals surface area contributed by atoms with Gasteiger partial charge in [-0.1, -0.05) is 32.4 Å². The Bertz CT molecular complexity index is 1130. The van der Waals surface area contributed by atoms with Crippen molar-refractivity contribution in [3.63, 3.8) is 0 Å². The second kappa shape index (κ2) is 10.0. The largest absolute Gasteiger partial charge is 0.477 e. The summed E-state index contributed by atoms with van der Waals surface area (Å²) in [6.45, 7) is 4.47. The molecule has 0 aliphatic rings. The number of nitrogens with two attached hydrogens (primary N) is 1. The summed E-state index contributed by atoms with van der Waals surface area (Å²) in [5.74, 6) is 0.164. The molecule has 7 heteroatoms. The van der Waals surface area contributed by atoms with E-state index in [0.29, 0.717) is 18.2 Å². The van der Waals surface area contributed by atoms with Crippen molar-refractivity contribution < 1.29 is 17.5 Å². The van der Waals surface area contributed by atoms with Crippen molar-refractivity contribution in [3.8, 4) is 28.3 Å². The predicted octanol–water partition coefficient (Wildman–Crippen LogP) is 4.99. The van der Waals surface area contributed by atoms with Gasteiger partial charge in [-0.15, -0.1) is 0 Å². The average molecular weight is 443 g/mol. The molecule has 1 aromatic heterocycles. The summed E-state index contributed by atoms with van der Waals surface area (Å²) in [6, 6.07) is 14.7. The Hall–Kier alpha value is -2.77. The summed E-state index contributed by atoms with van der Waals surface area (Å²) < 4.78 is 43.7. The maximum Gasteiger partial charge on any atom is 0.218 e. The average Bonchev–Trinajstić information content (AvgIpc) is 2.79. The number of benzene rings is 2. The molecule has 0 aliphatic heterocycles. The van der Waals surface area contributed by atoms with Gasteiger partial charge in [0.2, 0.25) is 5.88 Å². The Morgan fingerprint density at radius 1 is 1.00 bits per heavy atom. The molecule has 0 unspecified atom stereocenters. The van der Waals surface area contributed by atoms with Crippen molar-refractivity contribution in [2.24, 2.45) is 5.73 Å². The lowest BCUT2D eigenvalue weighted by atomic mass is 9.97. The van der Waals surface area contributed by atoms with Gasteiger partial charge in [0.1, 0.15) is 5.82 Å². The monoisotopic (exact) mass is 442 g/mol. The Kier molecular flexibility index (Phi) is 7.41. The van der Waals surface area contributed by atoms with Gasteiger partial charge in [0.15, 0.2) is 9.84 Å². The molecular formula is C24H27FN2O3S. The molecular weight excluding hydrogens is 415 g/mol. The molecule has 31 heavy (non-hydrogen) atoms.